The van der Waals surface area contributed by atoms with Gasteiger partial charge in [0.15, 0.2) is 0 Å². The quantitative estimate of drug-likeness (QED) is 0.863. The molecule has 0 spiro atoms. The Balaban J connectivity index is 2.17. The zero-order valence-corrected chi connectivity index (χ0v) is 12.3. The van der Waals surface area contributed by atoms with Crippen molar-refractivity contribution in [3.8, 4) is 0 Å². The molecular formula is C14H14ClN3OS. The van der Waals surface area contributed by atoms with Crippen LogP contribution in [0.4, 0.5) is 5.69 Å². The third-order valence-electron chi connectivity index (χ3n) is 2.62. The number of halogens is 1. The van der Waals surface area contributed by atoms with Crippen molar-refractivity contribution < 1.29 is 4.79 Å². The van der Waals surface area contributed by atoms with E-state index in [1.165, 1.54) is 17.5 Å². The Kier molecular flexibility index (Phi) is 4.76. The highest BCUT2D eigenvalue weighted by Crippen LogP contribution is 2.23. The van der Waals surface area contributed by atoms with Crippen LogP contribution in [0.2, 0.25) is 4.34 Å². The lowest BCUT2D eigenvalue weighted by Gasteiger charge is -2.20. The maximum absolute atomic E-state index is 12.4. The average Bonchev–Trinajstić information content (AvgIpc) is 2.84. The SMILES string of the molecule is C=CCN(Cc1ccc(Cl)s1)C(=O)c1ccc(N)cn1. The van der Waals surface area contributed by atoms with E-state index < -0.39 is 0 Å². The molecule has 104 valence electrons. The van der Waals surface area contributed by atoms with Gasteiger partial charge in [-0.1, -0.05) is 17.7 Å². The Morgan fingerprint density at radius 1 is 1.45 bits per heavy atom. The highest BCUT2D eigenvalue weighted by molar-refractivity contribution is 7.16. The third-order valence-corrected chi connectivity index (χ3v) is 3.83. The first-order valence-electron chi connectivity index (χ1n) is 5.96. The summed E-state index contributed by atoms with van der Waals surface area (Å²) in [7, 11) is 0. The molecule has 2 N–H and O–H groups in total. The molecule has 0 atom stereocenters. The van der Waals surface area contributed by atoms with E-state index in [0.29, 0.717) is 28.8 Å². The van der Waals surface area contributed by atoms with Crippen LogP contribution in [0.15, 0.2) is 43.1 Å². The third kappa shape index (κ3) is 3.59. The van der Waals surface area contributed by atoms with E-state index in [1.807, 2.05) is 12.1 Å². The summed E-state index contributed by atoms with van der Waals surface area (Å²) < 4.78 is 0.705. The van der Waals surface area contributed by atoms with E-state index in [9.17, 15) is 4.79 Å². The molecule has 2 aromatic rings. The van der Waals surface area contributed by atoms with Gasteiger partial charge in [0.25, 0.3) is 5.91 Å². The minimum Gasteiger partial charge on any atom is -0.397 e. The number of anilines is 1. The van der Waals surface area contributed by atoms with Crippen molar-refractivity contribution in [1.82, 2.24) is 9.88 Å². The highest BCUT2D eigenvalue weighted by Gasteiger charge is 2.17. The molecule has 0 aliphatic carbocycles. The van der Waals surface area contributed by atoms with Gasteiger partial charge in [0.1, 0.15) is 5.69 Å². The van der Waals surface area contributed by atoms with Crippen LogP contribution in [0.5, 0.6) is 0 Å². The second-order valence-electron chi connectivity index (χ2n) is 4.16. The van der Waals surface area contributed by atoms with E-state index in [-0.39, 0.29) is 5.91 Å². The minimum atomic E-state index is -0.158. The van der Waals surface area contributed by atoms with Crippen molar-refractivity contribution in [2.45, 2.75) is 6.54 Å². The van der Waals surface area contributed by atoms with Gasteiger partial charge in [0, 0.05) is 11.4 Å². The first kappa shape index (κ1) is 14.6. The number of carbonyl (C=O) groups excluding carboxylic acids is 1. The van der Waals surface area contributed by atoms with Gasteiger partial charge in [-0.2, -0.15) is 0 Å². The van der Waals surface area contributed by atoms with Crippen LogP contribution in [0.1, 0.15) is 15.4 Å². The van der Waals surface area contributed by atoms with Gasteiger partial charge < -0.3 is 10.6 Å². The Morgan fingerprint density at radius 2 is 2.25 bits per heavy atom. The van der Waals surface area contributed by atoms with Gasteiger partial charge >= 0.3 is 0 Å². The summed E-state index contributed by atoms with van der Waals surface area (Å²) in [5.74, 6) is -0.158. The average molecular weight is 308 g/mol. The molecule has 20 heavy (non-hydrogen) atoms. The Hall–Kier alpha value is -1.85. The largest absolute Gasteiger partial charge is 0.397 e. The monoisotopic (exact) mass is 307 g/mol. The summed E-state index contributed by atoms with van der Waals surface area (Å²) in [5.41, 5.74) is 6.47. The second-order valence-corrected chi connectivity index (χ2v) is 5.96. The van der Waals surface area contributed by atoms with Crippen molar-refractivity contribution in [2.24, 2.45) is 0 Å². The standard InChI is InChI=1S/C14H14ClN3OS/c1-2-7-18(9-11-4-6-13(15)20-11)14(19)12-5-3-10(16)8-17-12/h2-6,8H,1,7,9,16H2. The zero-order chi connectivity index (χ0) is 14.5. The number of rotatable bonds is 5. The Morgan fingerprint density at radius 3 is 2.80 bits per heavy atom. The maximum Gasteiger partial charge on any atom is 0.273 e. The highest BCUT2D eigenvalue weighted by atomic mass is 35.5. The lowest BCUT2D eigenvalue weighted by molar-refractivity contribution is 0.0758. The van der Waals surface area contributed by atoms with Crippen molar-refractivity contribution in [3.63, 3.8) is 0 Å². The first-order chi connectivity index (χ1) is 9.60. The van der Waals surface area contributed by atoms with Gasteiger partial charge in [0.2, 0.25) is 0 Å². The van der Waals surface area contributed by atoms with Crippen LogP contribution in [-0.2, 0) is 6.54 Å². The van der Waals surface area contributed by atoms with Gasteiger partial charge in [-0.05, 0) is 24.3 Å². The zero-order valence-electron chi connectivity index (χ0n) is 10.8. The second kappa shape index (κ2) is 6.54. The number of nitrogen functional groups attached to an aromatic ring is 1. The molecule has 0 aliphatic rings. The number of nitrogens with zero attached hydrogens (tertiary/aromatic N) is 2. The van der Waals surface area contributed by atoms with Crippen molar-refractivity contribution in [3.05, 3.63) is 58.0 Å². The lowest BCUT2D eigenvalue weighted by atomic mass is 10.3. The fourth-order valence-corrected chi connectivity index (χ4v) is 2.80. The number of hydrogen-bond donors (Lipinski definition) is 1. The fraction of sp³-hybridized carbons (Fsp3) is 0.143. The molecular weight excluding hydrogens is 294 g/mol. The molecule has 0 radical (unpaired) electrons. The minimum absolute atomic E-state index is 0.158. The Bertz CT molecular complexity index is 609. The van der Waals surface area contributed by atoms with Gasteiger partial charge in [-0.3, -0.25) is 4.79 Å². The van der Waals surface area contributed by atoms with Crippen LogP contribution < -0.4 is 5.73 Å². The molecule has 0 aromatic carbocycles. The molecule has 0 fully saturated rings. The normalized spacial score (nSPS) is 10.2. The summed E-state index contributed by atoms with van der Waals surface area (Å²) in [6, 6.07) is 7.01. The molecule has 2 aromatic heterocycles. The van der Waals surface area contributed by atoms with Crippen molar-refractivity contribution in [2.75, 3.05) is 12.3 Å². The molecule has 0 saturated heterocycles. The van der Waals surface area contributed by atoms with Crippen molar-refractivity contribution in [1.29, 1.82) is 0 Å². The van der Waals surface area contributed by atoms with Gasteiger partial charge in [-0.25, -0.2) is 4.98 Å². The number of amides is 1. The number of aromatic nitrogens is 1. The molecule has 0 aliphatic heterocycles. The molecule has 0 bridgehead atoms. The molecule has 0 unspecified atom stereocenters. The van der Waals surface area contributed by atoms with Crippen LogP contribution in [0.25, 0.3) is 0 Å². The van der Waals surface area contributed by atoms with E-state index in [4.69, 9.17) is 17.3 Å². The summed E-state index contributed by atoms with van der Waals surface area (Å²) in [6.07, 6.45) is 3.16. The number of pyridine rings is 1. The summed E-state index contributed by atoms with van der Waals surface area (Å²) in [4.78, 5) is 19.1. The molecule has 4 nitrogen and oxygen atoms in total. The predicted molar refractivity (Wildman–Crippen MR) is 82.9 cm³/mol. The summed E-state index contributed by atoms with van der Waals surface area (Å²) >= 11 is 7.36. The van der Waals surface area contributed by atoms with Crippen LogP contribution >= 0.6 is 22.9 Å². The lowest BCUT2D eigenvalue weighted by Crippen LogP contribution is -2.31. The first-order valence-corrected chi connectivity index (χ1v) is 7.15. The topological polar surface area (TPSA) is 59.2 Å². The molecule has 2 heterocycles. The summed E-state index contributed by atoms with van der Waals surface area (Å²) in [5, 5.41) is 0. The van der Waals surface area contributed by atoms with E-state index >= 15 is 0 Å². The smallest absolute Gasteiger partial charge is 0.273 e. The van der Waals surface area contributed by atoms with Crippen LogP contribution in [0, 0.1) is 0 Å². The Labute approximate surface area is 126 Å². The van der Waals surface area contributed by atoms with E-state index in [2.05, 4.69) is 11.6 Å². The number of thiophene rings is 1. The van der Waals surface area contributed by atoms with E-state index in [0.717, 1.165) is 4.88 Å². The van der Waals surface area contributed by atoms with Gasteiger partial charge in [-0.15, -0.1) is 17.9 Å². The fourth-order valence-electron chi connectivity index (χ4n) is 1.69. The maximum atomic E-state index is 12.4. The number of hydrogen-bond acceptors (Lipinski definition) is 4. The number of carbonyl (C=O) groups is 1. The molecule has 1 amide bonds. The van der Waals surface area contributed by atoms with Gasteiger partial charge in [0.05, 0.1) is 22.8 Å². The summed E-state index contributed by atoms with van der Waals surface area (Å²) in [6.45, 7) is 4.61. The van der Waals surface area contributed by atoms with E-state index in [1.54, 1.807) is 23.1 Å². The van der Waals surface area contributed by atoms with Crippen LogP contribution in [0.3, 0.4) is 0 Å². The van der Waals surface area contributed by atoms with Crippen LogP contribution in [-0.4, -0.2) is 22.3 Å². The molecule has 2 rings (SSSR count). The predicted octanol–water partition coefficient (Wildman–Crippen LogP) is 3.21. The van der Waals surface area contributed by atoms with Crippen molar-refractivity contribution >= 4 is 34.5 Å². The molecule has 0 saturated carbocycles. The number of nitrogens with two attached hydrogens (primary N) is 1. The molecule has 6 heteroatoms.